The van der Waals surface area contributed by atoms with Crippen molar-refractivity contribution < 1.29 is 22.7 Å². The highest BCUT2D eigenvalue weighted by Gasteiger charge is 2.33. The molecule has 0 unspecified atom stereocenters. The lowest BCUT2D eigenvalue weighted by molar-refractivity contribution is 0.196. The molecule has 0 radical (unpaired) electrons. The Bertz CT molecular complexity index is 1090. The van der Waals surface area contributed by atoms with E-state index in [0.29, 0.717) is 13.1 Å². The summed E-state index contributed by atoms with van der Waals surface area (Å²) in [6.07, 6.45) is 0. The van der Waals surface area contributed by atoms with Crippen LogP contribution in [0.5, 0.6) is 5.75 Å². The molecule has 0 saturated carbocycles. The van der Waals surface area contributed by atoms with E-state index < -0.39 is 32.5 Å². The van der Waals surface area contributed by atoms with Gasteiger partial charge in [0.15, 0.2) is 5.75 Å². The smallest absolute Gasteiger partial charge is 0.323 e. The number of carbonyl (C=O) groups is 1. The van der Waals surface area contributed by atoms with Gasteiger partial charge in [-0.25, -0.2) is 17.6 Å². The Kier molecular flexibility index (Phi) is 7.28. The first-order valence-electron chi connectivity index (χ1n) is 9.41. The Morgan fingerprint density at radius 1 is 1.10 bits per heavy atom. The second-order valence-electron chi connectivity index (χ2n) is 6.79. The van der Waals surface area contributed by atoms with E-state index in [0.717, 1.165) is 12.6 Å². The van der Waals surface area contributed by atoms with Crippen LogP contribution in [-0.2, 0) is 10.0 Å². The maximum absolute atomic E-state index is 13.5. The number of hydrogen-bond acceptors (Lipinski definition) is 5. The van der Waals surface area contributed by atoms with Gasteiger partial charge in [0.2, 0.25) is 10.0 Å². The number of piperazine rings is 1. The minimum atomic E-state index is -4.10. The van der Waals surface area contributed by atoms with Crippen molar-refractivity contribution in [2.45, 2.75) is 11.8 Å². The minimum Gasteiger partial charge on any atom is -0.504 e. The second-order valence-corrected chi connectivity index (χ2v) is 9.45. The van der Waals surface area contributed by atoms with E-state index in [1.54, 1.807) is 0 Å². The summed E-state index contributed by atoms with van der Waals surface area (Å²) in [6.45, 7) is 4.42. The third kappa shape index (κ3) is 5.04. The fourth-order valence-corrected chi connectivity index (χ4v) is 5.37. The highest BCUT2D eigenvalue weighted by atomic mass is 35.5. The summed E-state index contributed by atoms with van der Waals surface area (Å²) in [5, 5.41) is 14.8. The van der Waals surface area contributed by atoms with Crippen LogP contribution in [0.3, 0.4) is 0 Å². The predicted molar refractivity (Wildman–Crippen MR) is 118 cm³/mol. The molecule has 1 aliphatic heterocycles. The van der Waals surface area contributed by atoms with E-state index in [1.165, 1.54) is 28.6 Å². The van der Waals surface area contributed by atoms with Crippen LogP contribution in [0.25, 0.3) is 0 Å². The Balaban J connectivity index is 1.83. The molecule has 2 amide bonds. The molecule has 1 saturated heterocycles. The number of urea groups is 1. The molecule has 12 heteroatoms. The first-order chi connectivity index (χ1) is 14.6. The quantitative estimate of drug-likeness (QED) is 0.553. The van der Waals surface area contributed by atoms with Gasteiger partial charge in [0, 0.05) is 26.2 Å². The van der Waals surface area contributed by atoms with Crippen molar-refractivity contribution in [3.05, 3.63) is 46.2 Å². The normalized spacial score (nSPS) is 15.6. The zero-order chi connectivity index (χ0) is 22.8. The highest BCUT2D eigenvalue weighted by molar-refractivity contribution is 7.89. The first-order valence-corrected chi connectivity index (χ1v) is 11.6. The molecule has 0 spiro atoms. The molecular formula is C19H21Cl2FN4O4S. The number of amides is 2. The van der Waals surface area contributed by atoms with Crippen LogP contribution < -0.4 is 10.6 Å². The number of phenolic OH excluding ortho intramolecular Hbond substituents is 1. The van der Waals surface area contributed by atoms with Crippen molar-refractivity contribution in [1.29, 1.82) is 0 Å². The molecule has 1 heterocycles. The summed E-state index contributed by atoms with van der Waals surface area (Å²) in [5.74, 6) is -1.41. The van der Waals surface area contributed by atoms with Crippen LogP contribution in [0.1, 0.15) is 6.92 Å². The van der Waals surface area contributed by atoms with Gasteiger partial charge in [0.1, 0.15) is 10.7 Å². The third-order valence-electron chi connectivity index (χ3n) is 4.91. The molecule has 0 bridgehead atoms. The lowest BCUT2D eigenvalue weighted by atomic mass is 10.3. The van der Waals surface area contributed by atoms with Crippen molar-refractivity contribution in [2.75, 3.05) is 43.4 Å². The van der Waals surface area contributed by atoms with Gasteiger partial charge in [0.05, 0.1) is 21.4 Å². The van der Waals surface area contributed by atoms with Gasteiger partial charge < -0.3 is 20.6 Å². The maximum atomic E-state index is 13.5. The largest absolute Gasteiger partial charge is 0.504 e. The van der Waals surface area contributed by atoms with Crippen molar-refractivity contribution >= 4 is 50.6 Å². The molecule has 31 heavy (non-hydrogen) atoms. The van der Waals surface area contributed by atoms with Crippen LogP contribution in [0.4, 0.5) is 20.6 Å². The lowest BCUT2D eigenvalue weighted by Crippen LogP contribution is -2.48. The van der Waals surface area contributed by atoms with Gasteiger partial charge in [-0.2, -0.15) is 4.31 Å². The van der Waals surface area contributed by atoms with Gasteiger partial charge in [-0.1, -0.05) is 36.2 Å². The molecule has 0 atom stereocenters. The number of carbonyl (C=O) groups excluding carboxylic acids is 1. The molecule has 1 aliphatic rings. The average molecular weight is 491 g/mol. The molecular weight excluding hydrogens is 470 g/mol. The van der Waals surface area contributed by atoms with Gasteiger partial charge >= 0.3 is 6.03 Å². The van der Waals surface area contributed by atoms with Crippen molar-refractivity contribution in [2.24, 2.45) is 0 Å². The van der Waals surface area contributed by atoms with E-state index in [2.05, 4.69) is 15.5 Å². The first kappa shape index (κ1) is 23.6. The summed E-state index contributed by atoms with van der Waals surface area (Å²) < 4.78 is 41.0. The zero-order valence-electron chi connectivity index (χ0n) is 16.5. The Labute approximate surface area is 189 Å². The van der Waals surface area contributed by atoms with Crippen molar-refractivity contribution in [1.82, 2.24) is 9.21 Å². The van der Waals surface area contributed by atoms with Crippen LogP contribution in [0, 0.1) is 5.82 Å². The van der Waals surface area contributed by atoms with Crippen LogP contribution in [0.2, 0.25) is 10.0 Å². The molecule has 0 aromatic heterocycles. The van der Waals surface area contributed by atoms with Crippen LogP contribution >= 0.6 is 23.2 Å². The predicted octanol–water partition coefficient (Wildman–Crippen LogP) is 3.81. The van der Waals surface area contributed by atoms with Gasteiger partial charge in [-0.05, 0) is 30.8 Å². The number of rotatable bonds is 5. The van der Waals surface area contributed by atoms with E-state index in [1.807, 2.05) is 6.92 Å². The molecule has 2 aromatic carbocycles. The summed E-state index contributed by atoms with van der Waals surface area (Å²) in [5.41, 5.74) is -0.172. The summed E-state index contributed by atoms with van der Waals surface area (Å²) in [4.78, 5) is 13.9. The number of sulfonamides is 1. The second kappa shape index (κ2) is 9.58. The Morgan fingerprint density at radius 3 is 2.39 bits per heavy atom. The highest BCUT2D eigenvalue weighted by Crippen LogP contribution is 2.39. The third-order valence-corrected chi connectivity index (χ3v) is 7.69. The number of anilines is 2. The minimum absolute atomic E-state index is 0.00857. The average Bonchev–Trinajstić information content (AvgIpc) is 2.73. The molecule has 168 valence electrons. The number of nitrogens with zero attached hydrogens (tertiary/aromatic N) is 2. The fraction of sp³-hybridized carbons (Fsp3) is 0.316. The van der Waals surface area contributed by atoms with Crippen LogP contribution in [-0.4, -0.2) is 61.5 Å². The van der Waals surface area contributed by atoms with E-state index in [9.17, 15) is 22.7 Å². The molecule has 3 N–H and O–H groups in total. The topological polar surface area (TPSA) is 102 Å². The number of likely N-dealkylation sites (N-methyl/N-ethyl adjacent to an activating group) is 1. The number of halogens is 3. The molecule has 8 nitrogen and oxygen atoms in total. The van der Waals surface area contributed by atoms with Gasteiger partial charge in [-0.15, -0.1) is 0 Å². The number of hydrogen-bond donors (Lipinski definition) is 3. The fourth-order valence-electron chi connectivity index (χ4n) is 3.18. The van der Waals surface area contributed by atoms with Crippen molar-refractivity contribution in [3.63, 3.8) is 0 Å². The standard InChI is InChI=1S/C19H21Cl2FN4O4S/c1-2-25-8-10-26(11-9-25)31(29,30)18-12(20)6-7-15(17(18)27)24-19(28)23-14-5-3-4-13(22)16(14)21/h3-7,27H,2,8-11H2,1H3,(H2,23,24,28). The lowest BCUT2D eigenvalue weighted by Gasteiger charge is -2.33. The molecule has 0 aliphatic carbocycles. The van der Waals surface area contributed by atoms with Crippen LogP contribution in [0.15, 0.2) is 35.2 Å². The van der Waals surface area contributed by atoms with Crippen molar-refractivity contribution in [3.8, 4) is 5.75 Å². The Morgan fingerprint density at radius 2 is 1.74 bits per heavy atom. The van der Waals surface area contributed by atoms with Gasteiger partial charge in [0.25, 0.3) is 0 Å². The number of phenols is 1. The number of aromatic hydroxyl groups is 1. The SMILES string of the molecule is CCN1CCN(S(=O)(=O)c2c(Cl)ccc(NC(=O)Nc3cccc(F)c3Cl)c2O)CC1. The van der Waals surface area contributed by atoms with E-state index >= 15 is 0 Å². The zero-order valence-corrected chi connectivity index (χ0v) is 18.9. The summed E-state index contributed by atoms with van der Waals surface area (Å²) in [6, 6.07) is 5.55. The molecule has 3 rings (SSSR count). The summed E-state index contributed by atoms with van der Waals surface area (Å²) in [7, 11) is -4.10. The summed E-state index contributed by atoms with van der Waals surface area (Å²) >= 11 is 11.9. The van der Waals surface area contributed by atoms with E-state index in [-0.39, 0.29) is 34.5 Å². The monoisotopic (exact) mass is 490 g/mol. The number of benzene rings is 2. The Hall–Kier alpha value is -2.11. The van der Waals surface area contributed by atoms with Gasteiger partial charge in [-0.3, -0.25) is 0 Å². The molecule has 2 aromatic rings. The maximum Gasteiger partial charge on any atom is 0.323 e. The number of nitrogens with one attached hydrogen (secondary N) is 2. The van der Waals surface area contributed by atoms with E-state index in [4.69, 9.17) is 23.2 Å². The molecule has 1 fully saturated rings.